The molecule has 3 aromatic rings. The van der Waals surface area contributed by atoms with E-state index >= 15 is 0 Å². The molecule has 0 aliphatic carbocycles. The maximum atomic E-state index is 12.9. The molecular formula is C14H9ClFN. The molecule has 0 unspecified atom stereocenters. The zero-order valence-electron chi connectivity index (χ0n) is 8.90. The van der Waals surface area contributed by atoms with Gasteiger partial charge in [0, 0.05) is 11.1 Å². The molecular weight excluding hydrogens is 237 g/mol. The average molecular weight is 246 g/mol. The first-order valence-electron chi connectivity index (χ1n) is 5.27. The van der Waals surface area contributed by atoms with Crippen LogP contribution in [0.25, 0.3) is 16.6 Å². The van der Waals surface area contributed by atoms with Gasteiger partial charge in [-0.1, -0.05) is 29.8 Å². The van der Waals surface area contributed by atoms with Crippen LogP contribution >= 0.6 is 11.6 Å². The normalized spacial score (nSPS) is 10.9. The molecule has 3 heteroatoms. The van der Waals surface area contributed by atoms with Crippen LogP contribution < -0.4 is 0 Å². The molecule has 2 aromatic carbocycles. The van der Waals surface area contributed by atoms with Gasteiger partial charge < -0.3 is 4.57 Å². The van der Waals surface area contributed by atoms with Crippen LogP contribution in [0.3, 0.4) is 0 Å². The molecule has 0 radical (unpaired) electrons. The molecule has 0 N–H and O–H groups in total. The van der Waals surface area contributed by atoms with Gasteiger partial charge in [-0.3, -0.25) is 0 Å². The lowest BCUT2D eigenvalue weighted by Crippen LogP contribution is -1.93. The van der Waals surface area contributed by atoms with E-state index in [1.807, 2.05) is 34.9 Å². The summed E-state index contributed by atoms with van der Waals surface area (Å²) in [7, 11) is 0. The minimum absolute atomic E-state index is 0.249. The van der Waals surface area contributed by atoms with Crippen molar-refractivity contribution in [1.82, 2.24) is 4.57 Å². The summed E-state index contributed by atoms with van der Waals surface area (Å²) in [5.74, 6) is -0.249. The first kappa shape index (κ1) is 10.4. The molecule has 0 bridgehead atoms. The van der Waals surface area contributed by atoms with Crippen LogP contribution in [0.1, 0.15) is 0 Å². The number of halogens is 2. The third-order valence-electron chi connectivity index (χ3n) is 2.75. The molecule has 0 atom stereocenters. The van der Waals surface area contributed by atoms with Crippen LogP contribution in [0.5, 0.6) is 0 Å². The average Bonchev–Trinajstić information content (AvgIpc) is 2.66. The van der Waals surface area contributed by atoms with Crippen LogP contribution in [0.2, 0.25) is 5.15 Å². The van der Waals surface area contributed by atoms with Crippen molar-refractivity contribution in [3.8, 4) is 5.69 Å². The molecule has 0 fully saturated rings. The number of aromatic nitrogens is 1. The van der Waals surface area contributed by atoms with E-state index in [-0.39, 0.29) is 5.82 Å². The highest BCUT2D eigenvalue weighted by Crippen LogP contribution is 2.27. The highest BCUT2D eigenvalue weighted by Gasteiger charge is 2.07. The second-order valence-corrected chi connectivity index (χ2v) is 4.22. The number of para-hydroxylation sites is 1. The quantitative estimate of drug-likeness (QED) is 0.598. The topological polar surface area (TPSA) is 4.93 Å². The van der Waals surface area contributed by atoms with Gasteiger partial charge in [-0.2, -0.15) is 0 Å². The molecule has 1 aromatic heterocycles. The Kier molecular flexibility index (Phi) is 2.37. The number of benzene rings is 2. The third kappa shape index (κ3) is 1.71. The SMILES string of the molecule is Fc1ccc(-n2c(Cl)cc3ccccc32)cc1. The molecule has 84 valence electrons. The summed E-state index contributed by atoms with van der Waals surface area (Å²) in [4.78, 5) is 0. The molecule has 1 nitrogen and oxygen atoms in total. The Morgan fingerprint density at radius 3 is 2.41 bits per heavy atom. The highest BCUT2D eigenvalue weighted by molar-refractivity contribution is 6.31. The van der Waals surface area contributed by atoms with E-state index in [0.717, 1.165) is 16.6 Å². The Bertz CT molecular complexity index is 670. The summed E-state index contributed by atoms with van der Waals surface area (Å²) in [6.45, 7) is 0. The molecule has 17 heavy (non-hydrogen) atoms. The van der Waals surface area contributed by atoms with Crippen LogP contribution in [-0.2, 0) is 0 Å². The van der Waals surface area contributed by atoms with E-state index in [9.17, 15) is 4.39 Å². The maximum absolute atomic E-state index is 12.9. The third-order valence-corrected chi connectivity index (χ3v) is 3.03. The Morgan fingerprint density at radius 2 is 1.65 bits per heavy atom. The highest BCUT2D eigenvalue weighted by atomic mass is 35.5. The second kappa shape index (κ2) is 3.90. The molecule has 0 saturated heterocycles. The van der Waals surface area contributed by atoms with Gasteiger partial charge in [-0.25, -0.2) is 4.39 Å². The molecule has 0 aliphatic rings. The van der Waals surface area contributed by atoms with Crippen molar-refractivity contribution in [3.05, 3.63) is 65.6 Å². The lowest BCUT2D eigenvalue weighted by molar-refractivity contribution is 0.627. The molecule has 3 rings (SSSR count). The maximum Gasteiger partial charge on any atom is 0.123 e. The minimum Gasteiger partial charge on any atom is -0.300 e. The van der Waals surface area contributed by atoms with Crippen molar-refractivity contribution < 1.29 is 4.39 Å². The number of rotatable bonds is 1. The van der Waals surface area contributed by atoms with E-state index in [1.165, 1.54) is 12.1 Å². The van der Waals surface area contributed by atoms with E-state index in [1.54, 1.807) is 12.1 Å². The van der Waals surface area contributed by atoms with Gasteiger partial charge in [0.1, 0.15) is 11.0 Å². The summed E-state index contributed by atoms with van der Waals surface area (Å²) in [6.07, 6.45) is 0. The fraction of sp³-hybridized carbons (Fsp3) is 0. The van der Waals surface area contributed by atoms with Gasteiger partial charge in [0.05, 0.1) is 5.52 Å². The first-order valence-corrected chi connectivity index (χ1v) is 5.65. The van der Waals surface area contributed by atoms with E-state index in [2.05, 4.69) is 0 Å². The molecule has 0 saturated carbocycles. The van der Waals surface area contributed by atoms with Crippen molar-refractivity contribution >= 4 is 22.5 Å². The lowest BCUT2D eigenvalue weighted by Gasteiger charge is -2.06. The van der Waals surface area contributed by atoms with Crippen LogP contribution in [0.15, 0.2) is 54.6 Å². The predicted octanol–water partition coefficient (Wildman–Crippen LogP) is 4.42. The van der Waals surface area contributed by atoms with E-state index in [4.69, 9.17) is 11.6 Å². The number of hydrogen-bond acceptors (Lipinski definition) is 0. The van der Waals surface area contributed by atoms with Gasteiger partial charge >= 0.3 is 0 Å². The Hall–Kier alpha value is -1.80. The minimum atomic E-state index is -0.249. The molecule has 0 spiro atoms. The van der Waals surface area contributed by atoms with Crippen molar-refractivity contribution in [2.24, 2.45) is 0 Å². The smallest absolute Gasteiger partial charge is 0.123 e. The van der Waals surface area contributed by atoms with Gasteiger partial charge in [-0.15, -0.1) is 0 Å². The standard InChI is InChI=1S/C14H9ClFN/c15-14-9-10-3-1-2-4-13(10)17(14)12-7-5-11(16)6-8-12/h1-9H. The summed E-state index contributed by atoms with van der Waals surface area (Å²) in [5.41, 5.74) is 1.88. The largest absolute Gasteiger partial charge is 0.300 e. The van der Waals surface area contributed by atoms with Crippen molar-refractivity contribution in [1.29, 1.82) is 0 Å². The summed E-state index contributed by atoms with van der Waals surface area (Å²) in [5, 5.41) is 1.69. The predicted molar refractivity (Wildman–Crippen MR) is 68.2 cm³/mol. The van der Waals surface area contributed by atoms with Gasteiger partial charge in [0.2, 0.25) is 0 Å². The van der Waals surface area contributed by atoms with E-state index < -0.39 is 0 Å². The summed E-state index contributed by atoms with van der Waals surface area (Å²) < 4.78 is 14.8. The van der Waals surface area contributed by atoms with Gasteiger partial charge in [0.15, 0.2) is 0 Å². The lowest BCUT2D eigenvalue weighted by atomic mass is 10.2. The van der Waals surface area contributed by atoms with Crippen molar-refractivity contribution in [3.63, 3.8) is 0 Å². The fourth-order valence-corrected chi connectivity index (χ4v) is 2.28. The Balaban J connectivity index is 2.29. The van der Waals surface area contributed by atoms with Crippen molar-refractivity contribution in [2.45, 2.75) is 0 Å². The molecule has 0 aliphatic heterocycles. The molecule has 1 heterocycles. The zero-order chi connectivity index (χ0) is 11.8. The Labute approximate surface area is 103 Å². The Morgan fingerprint density at radius 1 is 0.941 bits per heavy atom. The van der Waals surface area contributed by atoms with E-state index in [0.29, 0.717) is 5.15 Å². The summed E-state index contributed by atoms with van der Waals surface area (Å²) in [6, 6.07) is 16.1. The van der Waals surface area contributed by atoms with Crippen LogP contribution in [0, 0.1) is 5.82 Å². The number of hydrogen-bond donors (Lipinski definition) is 0. The number of fused-ring (bicyclic) bond motifs is 1. The second-order valence-electron chi connectivity index (χ2n) is 3.84. The zero-order valence-corrected chi connectivity index (χ0v) is 9.66. The number of nitrogens with zero attached hydrogens (tertiary/aromatic N) is 1. The summed E-state index contributed by atoms with van der Waals surface area (Å²) >= 11 is 6.21. The fourth-order valence-electron chi connectivity index (χ4n) is 1.97. The first-order chi connectivity index (χ1) is 8.25. The van der Waals surface area contributed by atoms with Gasteiger partial charge in [-0.05, 0) is 36.4 Å². The molecule has 0 amide bonds. The van der Waals surface area contributed by atoms with Gasteiger partial charge in [0.25, 0.3) is 0 Å². The van der Waals surface area contributed by atoms with Crippen LogP contribution in [0.4, 0.5) is 4.39 Å². The van der Waals surface area contributed by atoms with Crippen molar-refractivity contribution in [2.75, 3.05) is 0 Å². The monoisotopic (exact) mass is 245 g/mol. The van der Waals surface area contributed by atoms with Crippen LogP contribution in [-0.4, -0.2) is 4.57 Å².